The number of sulfonamides is 1. The Morgan fingerprint density at radius 3 is 2.29 bits per heavy atom. The molecule has 1 atom stereocenters. The Labute approximate surface area is 222 Å². The highest BCUT2D eigenvalue weighted by atomic mass is 32.2. The zero-order valence-electron chi connectivity index (χ0n) is 21.3. The first-order valence-electron chi connectivity index (χ1n) is 13.5. The number of nitrogens with zero attached hydrogens (tertiary/aromatic N) is 2. The molecule has 1 amide bonds. The number of halogens is 3. The maximum absolute atomic E-state index is 14.2. The van der Waals surface area contributed by atoms with Gasteiger partial charge in [0, 0.05) is 12.5 Å². The van der Waals surface area contributed by atoms with E-state index >= 15 is 0 Å². The summed E-state index contributed by atoms with van der Waals surface area (Å²) in [5, 5.41) is 2.52. The van der Waals surface area contributed by atoms with Crippen molar-refractivity contribution in [3.63, 3.8) is 0 Å². The molecule has 2 heterocycles. The van der Waals surface area contributed by atoms with Crippen molar-refractivity contribution in [2.24, 2.45) is 11.8 Å². The Balaban J connectivity index is 1.22. The molecule has 10 heteroatoms. The number of fused-ring (bicyclic) bond motifs is 1. The average molecular weight is 550 g/mol. The molecular formula is C28H34F3N3O3S. The fourth-order valence-corrected chi connectivity index (χ4v) is 8.14. The number of hydrogen-bond acceptors (Lipinski definition) is 4. The molecule has 1 saturated heterocycles. The second kappa shape index (κ2) is 11.3. The Morgan fingerprint density at radius 2 is 1.58 bits per heavy atom. The summed E-state index contributed by atoms with van der Waals surface area (Å²) >= 11 is 0. The van der Waals surface area contributed by atoms with Gasteiger partial charge in [-0.15, -0.1) is 0 Å². The fourth-order valence-electron chi connectivity index (χ4n) is 6.21. The topological polar surface area (TPSA) is 69.7 Å². The summed E-state index contributed by atoms with van der Waals surface area (Å²) in [6.45, 7) is 1.60. The second-order valence-corrected chi connectivity index (χ2v) is 12.8. The molecule has 3 aliphatic rings. The van der Waals surface area contributed by atoms with Gasteiger partial charge >= 0.3 is 0 Å². The van der Waals surface area contributed by atoms with Gasteiger partial charge in [0.15, 0.2) is 0 Å². The minimum Gasteiger partial charge on any atom is -0.324 e. The van der Waals surface area contributed by atoms with E-state index in [0.717, 1.165) is 62.6 Å². The van der Waals surface area contributed by atoms with Crippen molar-refractivity contribution in [3.8, 4) is 0 Å². The van der Waals surface area contributed by atoms with Crippen LogP contribution in [-0.4, -0.2) is 44.6 Å². The van der Waals surface area contributed by atoms with Crippen LogP contribution < -0.4 is 9.62 Å². The third-order valence-corrected chi connectivity index (χ3v) is 10.1. The molecule has 2 aromatic rings. The van der Waals surface area contributed by atoms with Crippen molar-refractivity contribution in [2.75, 3.05) is 35.0 Å². The smallest absolute Gasteiger partial charge is 0.235 e. The van der Waals surface area contributed by atoms with E-state index in [9.17, 15) is 26.4 Å². The van der Waals surface area contributed by atoms with Gasteiger partial charge in [-0.2, -0.15) is 0 Å². The summed E-state index contributed by atoms with van der Waals surface area (Å²) in [7, 11) is -3.59. The van der Waals surface area contributed by atoms with Gasteiger partial charge in [-0.25, -0.2) is 21.6 Å². The second-order valence-electron chi connectivity index (χ2n) is 10.9. The van der Waals surface area contributed by atoms with Gasteiger partial charge < -0.3 is 5.32 Å². The fraction of sp³-hybridized carbons (Fsp3) is 0.536. The summed E-state index contributed by atoms with van der Waals surface area (Å²) in [5.41, 5.74) is 1.22. The standard InChI is InChI=1S/C28H34F3N3O3S/c29-21-7-9-25(24(31)15-21)32-28(35)14-19-10-12-33(13-11-19)27-17-34(26-16-22(30)6-8-23(26)27)38(36,37)18-20-4-2-1-3-5-20/h6-9,15-16,19-20,27H,1-5,10-14,17-18H2,(H,32,35)/t27-/m0/s1. The summed E-state index contributed by atoms with van der Waals surface area (Å²) in [4.78, 5) is 14.7. The lowest BCUT2D eigenvalue weighted by atomic mass is 9.91. The molecule has 1 N–H and O–H groups in total. The van der Waals surface area contributed by atoms with Crippen molar-refractivity contribution < 1.29 is 26.4 Å². The van der Waals surface area contributed by atoms with Gasteiger partial charge in [-0.1, -0.05) is 25.3 Å². The maximum atomic E-state index is 14.2. The predicted molar refractivity (Wildman–Crippen MR) is 141 cm³/mol. The number of benzene rings is 2. The zero-order valence-corrected chi connectivity index (χ0v) is 22.2. The monoisotopic (exact) mass is 549 g/mol. The van der Waals surface area contributed by atoms with E-state index in [2.05, 4.69) is 10.2 Å². The van der Waals surface area contributed by atoms with Gasteiger partial charge in [0.05, 0.1) is 29.7 Å². The van der Waals surface area contributed by atoms with Crippen LogP contribution in [0.3, 0.4) is 0 Å². The van der Waals surface area contributed by atoms with Crippen LogP contribution in [0.1, 0.15) is 63.0 Å². The Hall–Kier alpha value is -2.59. The number of amides is 1. The summed E-state index contributed by atoms with van der Waals surface area (Å²) in [5.74, 6) is -1.95. The van der Waals surface area contributed by atoms with E-state index in [0.29, 0.717) is 18.8 Å². The number of rotatable bonds is 7. The molecule has 0 bridgehead atoms. The molecule has 6 nitrogen and oxygen atoms in total. The van der Waals surface area contributed by atoms with E-state index in [1.807, 2.05) is 0 Å². The highest BCUT2D eigenvalue weighted by Crippen LogP contribution is 2.42. The highest BCUT2D eigenvalue weighted by Gasteiger charge is 2.40. The average Bonchev–Trinajstić information content (AvgIpc) is 3.26. The van der Waals surface area contributed by atoms with E-state index in [-0.39, 0.29) is 48.2 Å². The van der Waals surface area contributed by atoms with Crippen molar-refractivity contribution in [3.05, 3.63) is 59.4 Å². The third-order valence-electron chi connectivity index (χ3n) is 8.23. The number of piperidine rings is 1. The summed E-state index contributed by atoms with van der Waals surface area (Å²) in [6, 6.07) is 7.28. The molecular weight excluding hydrogens is 515 g/mol. The molecule has 206 valence electrons. The minimum absolute atomic E-state index is 0.0434. The predicted octanol–water partition coefficient (Wildman–Crippen LogP) is 5.62. The number of anilines is 2. The van der Waals surface area contributed by atoms with Crippen LogP contribution >= 0.6 is 0 Å². The highest BCUT2D eigenvalue weighted by molar-refractivity contribution is 7.92. The molecule has 2 fully saturated rings. The van der Waals surface area contributed by atoms with Gasteiger partial charge in [-0.3, -0.25) is 14.0 Å². The number of carbonyl (C=O) groups excluding carboxylic acids is 1. The van der Waals surface area contributed by atoms with E-state index in [1.54, 1.807) is 6.07 Å². The van der Waals surface area contributed by atoms with Crippen LogP contribution in [0.2, 0.25) is 0 Å². The number of nitrogens with one attached hydrogen (secondary N) is 1. The largest absolute Gasteiger partial charge is 0.324 e. The zero-order chi connectivity index (χ0) is 26.9. The molecule has 0 spiro atoms. The van der Waals surface area contributed by atoms with Crippen LogP contribution in [0.25, 0.3) is 0 Å². The van der Waals surface area contributed by atoms with Crippen LogP contribution in [0, 0.1) is 29.3 Å². The first-order valence-corrected chi connectivity index (χ1v) is 15.1. The van der Waals surface area contributed by atoms with Gasteiger partial charge in [0.2, 0.25) is 15.9 Å². The molecule has 1 saturated carbocycles. The van der Waals surface area contributed by atoms with Crippen LogP contribution in [0.5, 0.6) is 0 Å². The minimum atomic E-state index is -3.59. The van der Waals surface area contributed by atoms with Gasteiger partial charge in [0.1, 0.15) is 17.5 Å². The van der Waals surface area contributed by atoms with Crippen molar-refractivity contribution in [2.45, 2.75) is 57.4 Å². The summed E-state index contributed by atoms with van der Waals surface area (Å²) in [6.07, 6.45) is 6.76. The van der Waals surface area contributed by atoms with Crippen molar-refractivity contribution >= 4 is 27.3 Å². The normalized spacial score (nSPS) is 21.4. The number of carbonyl (C=O) groups is 1. The molecule has 5 rings (SSSR count). The molecule has 1 aliphatic carbocycles. The lowest BCUT2D eigenvalue weighted by Gasteiger charge is -2.36. The quantitative estimate of drug-likeness (QED) is 0.487. The molecule has 38 heavy (non-hydrogen) atoms. The van der Waals surface area contributed by atoms with Gasteiger partial charge in [-0.05, 0) is 80.4 Å². The number of hydrogen-bond donors (Lipinski definition) is 1. The Kier molecular flexibility index (Phi) is 8.00. The van der Waals surface area contributed by atoms with E-state index < -0.39 is 27.5 Å². The molecule has 0 aromatic heterocycles. The SMILES string of the molecule is O=C(CC1CCN([C@H]2CN(S(=O)(=O)CC3CCCCC3)c3cc(F)ccc32)CC1)Nc1ccc(F)cc1F. The third kappa shape index (κ3) is 6.01. The van der Waals surface area contributed by atoms with Crippen LogP contribution in [0.15, 0.2) is 36.4 Å². The number of likely N-dealkylation sites (tertiary alicyclic amines) is 1. The first kappa shape index (κ1) is 27.0. The summed E-state index contributed by atoms with van der Waals surface area (Å²) < 4.78 is 69.5. The molecule has 0 unspecified atom stereocenters. The maximum Gasteiger partial charge on any atom is 0.235 e. The van der Waals surface area contributed by atoms with Crippen molar-refractivity contribution in [1.82, 2.24) is 4.90 Å². The lowest BCUT2D eigenvalue weighted by Crippen LogP contribution is -2.41. The molecule has 0 radical (unpaired) electrons. The van der Waals surface area contributed by atoms with E-state index in [1.165, 1.54) is 22.5 Å². The van der Waals surface area contributed by atoms with E-state index in [4.69, 9.17) is 0 Å². The Bertz CT molecular complexity index is 1280. The lowest BCUT2D eigenvalue weighted by molar-refractivity contribution is -0.117. The Morgan fingerprint density at radius 1 is 0.895 bits per heavy atom. The van der Waals surface area contributed by atoms with Gasteiger partial charge in [0.25, 0.3) is 0 Å². The van der Waals surface area contributed by atoms with Crippen molar-refractivity contribution in [1.29, 1.82) is 0 Å². The van der Waals surface area contributed by atoms with Crippen LogP contribution in [-0.2, 0) is 14.8 Å². The molecule has 2 aromatic carbocycles. The first-order chi connectivity index (χ1) is 18.2. The van der Waals surface area contributed by atoms with Crippen LogP contribution in [0.4, 0.5) is 24.5 Å². The molecule has 2 aliphatic heterocycles.